The summed E-state index contributed by atoms with van der Waals surface area (Å²) in [5, 5.41) is 15.3. The number of para-hydroxylation sites is 1. The number of phenolic OH excluding ortho intramolecular Hbond substituents is 1. The van der Waals surface area contributed by atoms with Crippen LogP contribution >= 0.6 is 0 Å². The summed E-state index contributed by atoms with van der Waals surface area (Å²) < 4.78 is 0. The van der Waals surface area contributed by atoms with E-state index in [1.54, 1.807) is 6.07 Å². The van der Waals surface area contributed by atoms with Crippen LogP contribution in [0.5, 0.6) is 5.75 Å². The number of aromatic nitrogens is 2. The number of phenols is 1. The number of nitrogens with zero attached hydrogens (tertiary/aromatic N) is 3. The Balaban J connectivity index is 1.35. The zero-order valence-corrected chi connectivity index (χ0v) is 25.0. The molecule has 0 aliphatic rings. The second kappa shape index (κ2) is 11.7. The highest BCUT2D eigenvalue weighted by atomic mass is 16.3. The third-order valence-electron chi connectivity index (χ3n) is 8.38. The predicted octanol–water partition coefficient (Wildman–Crippen LogP) is 11.0. The van der Waals surface area contributed by atoms with Gasteiger partial charge in [-0.3, -0.25) is 4.90 Å². The van der Waals surface area contributed by atoms with Gasteiger partial charge in [0, 0.05) is 33.8 Å². The molecule has 0 radical (unpaired) electrons. The van der Waals surface area contributed by atoms with Gasteiger partial charge in [0.05, 0.1) is 17.1 Å². The summed E-state index contributed by atoms with van der Waals surface area (Å²) >= 11 is 0. The van der Waals surface area contributed by atoms with Crippen LogP contribution in [-0.2, 0) is 0 Å². The summed E-state index contributed by atoms with van der Waals surface area (Å²) in [6.07, 6.45) is 1.88. The molecule has 0 bridgehead atoms. The molecule has 218 valence electrons. The van der Waals surface area contributed by atoms with Gasteiger partial charge >= 0.3 is 0 Å². The van der Waals surface area contributed by atoms with E-state index in [1.807, 2.05) is 48.7 Å². The molecule has 2 aromatic heterocycles. The molecule has 4 heteroatoms. The summed E-state index contributed by atoms with van der Waals surface area (Å²) in [5.74, 6) is 1.05. The van der Waals surface area contributed by atoms with Crippen LogP contribution in [0.1, 0.15) is 0 Å². The van der Waals surface area contributed by atoms with Crippen LogP contribution in [0.25, 0.3) is 55.2 Å². The first-order valence-electron chi connectivity index (χ1n) is 15.3. The lowest BCUT2D eigenvalue weighted by atomic mass is 9.99. The molecule has 0 aliphatic carbocycles. The maximum atomic E-state index is 10.8. The SMILES string of the molecule is Oc1ccccc1-c1cc(-c2ccccc2)cc(-c2cccc(N(c3cccc4ccccc34)c3nccc4ccccc34)c2)n1. The largest absolute Gasteiger partial charge is 0.507 e. The van der Waals surface area contributed by atoms with Crippen LogP contribution in [0.2, 0.25) is 0 Å². The molecule has 4 nitrogen and oxygen atoms in total. The number of rotatable bonds is 6. The molecule has 0 aliphatic heterocycles. The maximum absolute atomic E-state index is 10.8. The second-order valence-electron chi connectivity index (χ2n) is 11.2. The van der Waals surface area contributed by atoms with Crippen LogP contribution in [0, 0.1) is 0 Å². The first-order valence-corrected chi connectivity index (χ1v) is 15.3. The van der Waals surface area contributed by atoms with Crippen molar-refractivity contribution in [3.05, 3.63) is 170 Å². The molecule has 8 rings (SSSR count). The number of benzene rings is 6. The Bertz CT molecular complexity index is 2260. The molecule has 0 amide bonds. The topological polar surface area (TPSA) is 49.2 Å². The van der Waals surface area contributed by atoms with Gasteiger partial charge in [-0.05, 0) is 70.4 Å². The highest BCUT2D eigenvalue weighted by Gasteiger charge is 2.20. The summed E-state index contributed by atoms with van der Waals surface area (Å²) in [6, 6.07) is 55.5. The molecule has 0 unspecified atom stereocenters. The quantitative estimate of drug-likeness (QED) is 0.209. The summed E-state index contributed by atoms with van der Waals surface area (Å²) in [7, 11) is 0. The Morgan fingerprint density at radius 1 is 0.478 bits per heavy atom. The summed E-state index contributed by atoms with van der Waals surface area (Å²) in [5.41, 5.74) is 7.28. The van der Waals surface area contributed by atoms with E-state index in [2.05, 4.69) is 120 Å². The number of hydrogen-bond donors (Lipinski definition) is 1. The molecule has 8 aromatic rings. The van der Waals surface area contributed by atoms with Crippen LogP contribution in [-0.4, -0.2) is 15.1 Å². The van der Waals surface area contributed by atoms with Crippen molar-refractivity contribution >= 4 is 38.7 Å². The van der Waals surface area contributed by atoms with Crippen molar-refractivity contribution in [3.8, 4) is 39.4 Å². The molecule has 0 fully saturated rings. The van der Waals surface area contributed by atoms with E-state index in [4.69, 9.17) is 9.97 Å². The highest BCUT2D eigenvalue weighted by Crippen LogP contribution is 2.42. The van der Waals surface area contributed by atoms with E-state index in [1.165, 1.54) is 0 Å². The van der Waals surface area contributed by atoms with Gasteiger partial charge in [-0.25, -0.2) is 9.97 Å². The first kappa shape index (κ1) is 27.3. The second-order valence-corrected chi connectivity index (χ2v) is 11.2. The van der Waals surface area contributed by atoms with Crippen LogP contribution in [0.15, 0.2) is 170 Å². The predicted molar refractivity (Wildman–Crippen MR) is 190 cm³/mol. The lowest BCUT2D eigenvalue weighted by Gasteiger charge is -2.27. The highest BCUT2D eigenvalue weighted by molar-refractivity contribution is 6.03. The van der Waals surface area contributed by atoms with Gasteiger partial charge in [-0.1, -0.05) is 115 Å². The van der Waals surface area contributed by atoms with Gasteiger partial charge in [-0.2, -0.15) is 0 Å². The van der Waals surface area contributed by atoms with Gasteiger partial charge in [0.15, 0.2) is 0 Å². The van der Waals surface area contributed by atoms with Crippen molar-refractivity contribution in [1.82, 2.24) is 9.97 Å². The lowest BCUT2D eigenvalue weighted by molar-refractivity contribution is 0.477. The monoisotopic (exact) mass is 591 g/mol. The third-order valence-corrected chi connectivity index (χ3v) is 8.38. The minimum absolute atomic E-state index is 0.198. The van der Waals surface area contributed by atoms with Crippen LogP contribution in [0.4, 0.5) is 17.2 Å². The van der Waals surface area contributed by atoms with E-state index < -0.39 is 0 Å². The van der Waals surface area contributed by atoms with Crippen molar-refractivity contribution in [1.29, 1.82) is 0 Å². The average molecular weight is 592 g/mol. The molecule has 0 atom stereocenters. The van der Waals surface area contributed by atoms with Crippen molar-refractivity contribution in [2.24, 2.45) is 0 Å². The third kappa shape index (κ3) is 5.02. The van der Waals surface area contributed by atoms with Crippen molar-refractivity contribution in [2.75, 3.05) is 4.90 Å². The van der Waals surface area contributed by atoms with E-state index in [0.29, 0.717) is 11.3 Å². The Morgan fingerprint density at radius 3 is 1.98 bits per heavy atom. The minimum Gasteiger partial charge on any atom is -0.507 e. The lowest BCUT2D eigenvalue weighted by Crippen LogP contribution is -2.12. The van der Waals surface area contributed by atoms with Gasteiger partial charge in [0.2, 0.25) is 0 Å². The molecule has 46 heavy (non-hydrogen) atoms. The van der Waals surface area contributed by atoms with E-state index in [9.17, 15) is 5.11 Å². The molecular weight excluding hydrogens is 562 g/mol. The number of anilines is 3. The smallest absolute Gasteiger partial charge is 0.145 e. The van der Waals surface area contributed by atoms with Crippen molar-refractivity contribution in [2.45, 2.75) is 0 Å². The summed E-state index contributed by atoms with van der Waals surface area (Å²) in [6.45, 7) is 0. The van der Waals surface area contributed by atoms with Crippen molar-refractivity contribution in [3.63, 3.8) is 0 Å². The van der Waals surface area contributed by atoms with Crippen molar-refractivity contribution < 1.29 is 5.11 Å². The minimum atomic E-state index is 0.198. The van der Waals surface area contributed by atoms with E-state index in [0.717, 1.165) is 61.1 Å². The molecule has 0 saturated carbocycles. The molecule has 0 saturated heterocycles. The first-order chi connectivity index (χ1) is 22.7. The van der Waals surface area contributed by atoms with E-state index in [-0.39, 0.29) is 5.75 Å². The van der Waals surface area contributed by atoms with Crippen LogP contribution in [0.3, 0.4) is 0 Å². The molecular formula is C42H29N3O. The van der Waals surface area contributed by atoms with Gasteiger partial charge in [0.25, 0.3) is 0 Å². The fraction of sp³-hybridized carbons (Fsp3) is 0. The van der Waals surface area contributed by atoms with Gasteiger partial charge in [0.1, 0.15) is 11.6 Å². The summed E-state index contributed by atoms with van der Waals surface area (Å²) in [4.78, 5) is 12.3. The zero-order chi connectivity index (χ0) is 30.9. The van der Waals surface area contributed by atoms with E-state index >= 15 is 0 Å². The standard InChI is InChI=1S/C42H29N3O/c46-41-23-9-8-21-37(41)39-28-33(29-12-2-1-3-13-29)27-38(44-39)32-17-10-18-34(26-32)45(40-22-11-16-30-14-4-6-19-35(30)40)42-36-20-7-5-15-31(36)24-25-43-42/h1-28,46H. The van der Waals surface area contributed by atoms with Gasteiger partial charge in [-0.15, -0.1) is 0 Å². The van der Waals surface area contributed by atoms with Crippen LogP contribution < -0.4 is 4.90 Å². The number of pyridine rings is 2. The Labute approximate surface area is 267 Å². The molecule has 0 spiro atoms. The normalized spacial score (nSPS) is 11.1. The Hall–Kier alpha value is -6.26. The number of fused-ring (bicyclic) bond motifs is 2. The van der Waals surface area contributed by atoms with Gasteiger partial charge < -0.3 is 5.11 Å². The Morgan fingerprint density at radius 2 is 1.13 bits per heavy atom. The average Bonchev–Trinajstić information content (AvgIpc) is 3.12. The fourth-order valence-corrected chi connectivity index (χ4v) is 6.17. The fourth-order valence-electron chi connectivity index (χ4n) is 6.17. The molecule has 6 aromatic carbocycles. The molecule has 2 heterocycles. The number of aromatic hydroxyl groups is 1. The maximum Gasteiger partial charge on any atom is 0.145 e. The zero-order valence-electron chi connectivity index (χ0n) is 25.0. The Kier molecular flexibility index (Phi) is 6.93. The number of hydrogen-bond acceptors (Lipinski definition) is 4. The molecule has 1 N–H and O–H groups in total.